The minimum atomic E-state index is 0.235. The van der Waals surface area contributed by atoms with Crippen LogP contribution in [0.15, 0.2) is 24.3 Å². The zero-order valence-electron chi connectivity index (χ0n) is 16.0. The molecule has 0 spiro atoms. The molecule has 148 valence electrons. The summed E-state index contributed by atoms with van der Waals surface area (Å²) in [5.74, 6) is 0.637. The summed E-state index contributed by atoms with van der Waals surface area (Å²) in [4.78, 5) is 17.6. The summed E-state index contributed by atoms with van der Waals surface area (Å²) in [6.07, 6.45) is 7.22. The van der Waals surface area contributed by atoms with Gasteiger partial charge in [0.05, 0.1) is 6.54 Å². The summed E-state index contributed by atoms with van der Waals surface area (Å²) in [5.41, 5.74) is 8.04. The molecule has 27 heavy (non-hydrogen) atoms. The molecule has 2 N–H and O–H groups in total. The van der Waals surface area contributed by atoms with E-state index in [0.29, 0.717) is 18.4 Å². The Morgan fingerprint density at radius 1 is 1.11 bits per heavy atom. The number of likely N-dealkylation sites (tertiary alicyclic amines) is 2. The lowest BCUT2D eigenvalue weighted by Gasteiger charge is -2.34. The molecule has 1 aromatic rings. The van der Waals surface area contributed by atoms with Gasteiger partial charge in [-0.25, -0.2) is 0 Å². The van der Waals surface area contributed by atoms with Gasteiger partial charge >= 0.3 is 0 Å². The number of carbonyl (C=O) groups excluding carboxylic acids is 1. The van der Waals surface area contributed by atoms with Crippen LogP contribution in [0.1, 0.15) is 50.0 Å². The van der Waals surface area contributed by atoms with Gasteiger partial charge in [0.1, 0.15) is 0 Å². The fourth-order valence-corrected chi connectivity index (χ4v) is 5.19. The highest BCUT2D eigenvalue weighted by Gasteiger charge is 2.41. The Bertz CT molecular complexity index is 647. The van der Waals surface area contributed by atoms with E-state index in [-0.39, 0.29) is 12.1 Å². The Hall–Kier alpha value is -1.14. The number of carbonyl (C=O) groups is 1. The fourth-order valence-electron chi connectivity index (χ4n) is 4.99. The van der Waals surface area contributed by atoms with Crippen molar-refractivity contribution in [2.75, 3.05) is 32.7 Å². The molecule has 6 heteroatoms. The van der Waals surface area contributed by atoms with E-state index in [4.69, 9.17) is 11.6 Å². The van der Waals surface area contributed by atoms with Crippen LogP contribution < -0.4 is 10.9 Å². The maximum absolute atomic E-state index is 13.1. The maximum atomic E-state index is 13.1. The molecular weight excluding hydrogens is 360 g/mol. The molecule has 3 heterocycles. The highest BCUT2D eigenvalue weighted by molar-refractivity contribution is 6.30. The van der Waals surface area contributed by atoms with Gasteiger partial charge in [-0.15, -0.1) is 0 Å². The third-order valence-corrected chi connectivity index (χ3v) is 6.63. The fraction of sp³-hybridized carbons (Fsp3) is 0.667. The van der Waals surface area contributed by atoms with Crippen molar-refractivity contribution in [2.24, 2.45) is 0 Å². The summed E-state index contributed by atoms with van der Waals surface area (Å²) in [6, 6.07) is 8.64. The number of nitrogens with zero attached hydrogens (tertiary/aromatic N) is 2. The van der Waals surface area contributed by atoms with Crippen LogP contribution in [0.2, 0.25) is 5.02 Å². The molecule has 3 aliphatic heterocycles. The number of halogens is 1. The second-order valence-electron chi connectivity index (χ2n) is 8.20. The minimum Gasteiger partial charge on any atom is -0.337 e. The minimum absolute atomic E-state index is 0.235. The summed E-state index contributed by atoms with van der Waals surface area (Å²) >= 11 is 6.22. The molecular formula is C21H31ClN4O. The first-order chi connectivity index (χ1) is 13.2. The van der Waals surface area contributed by atoms with Crippen LogP contribution in [0.4, 0.5) is 0 Å². The molecule has 0 saturated carbocycles. The zero-order valence-corrected chi connectivity index (χ0v) is 16.8. The Labute approximate surface area is 167 Å². The third kappa shape index (κ3) is 4.48. The van der Waals surface area contributed by atoms with Crippen LogP contribution in [0.5, 0.6) is 0 Å². The van der Waals surface area contributed by atoms with E-state index < -0.39 is 0 Å². The van der Waals surface area contributed by atoms with Crippen molar-refractivity contribution < 1.29 is 4.79 Å². The van der Waals surface area contributed by atoms with Gasteiger partial charge < -0.3 is 4.90 Å². The van der Waals surface area contributed by atoms with Crippen LogP contribution in [0.3, 0.4) is 0 Å². The van der Waals surface area contributed by atoms with Gasteiger partial charge in [0.15, 0.2) is 0 Å². The predicted molar refractivity (Wildman–Crippen MR) is 109 cm³/mol. The quantitative estimate of drug-likeness (QED) is 0.829. The van der Waals surface area contributed by atoms with Crippen molar-refractivity contribution >= 4 is 17.5 Å². The van der Waals surface area contributed by atoms with Gasteiger partial charge in [-0.05, 0) is 56.5 Å². The molecule has 5 nitrogen and oxygen atoms in total. The molecule has 4 rings (SSSR count). The van der Waals surface area contributed by atoms with Gasteiger partial charge in [-0.1, -0.05) is 36.6 Å². The standard InChI is InChI=1S/C21H31ClN4O/c22-17-8-5-7-16(13-17)18-14-23-24-21(18)19-9-6-12-26(19)20(27)15-25-10-3-1-2-4-11-25/h5,7-8,13,18-19,21,23-24H,1-4,6,9-12,14-15H2. The Morgan fingerprint density at radius 3 is 2.70 bits per heavy atom. The van der Waals surface area contributed by atoms with Crippen molar-refractivity contribution in [1.29, 1.82) is 0 Å². The van der Waals surface area contributed by atoms with E-state index in [1.807, 2.05) is 12.1 Å². The van der Waals surface area contributed by atoms with E-state index in [1.54, 1.807) is 0 Å². The highest BCUT2D eigenvalue weighted by Crippen LogP contribution is 2.32. The molecule has 3 unspecified atom stereocenters. The summed E-state index contributed by atoms with van der Waals surface area (Å²) < 4.78 is 0. The van der Waals surface area contributed by atoms with E-state index in [1.165, 1.54) is 31.2 Å². The van der Waals surface area contributed by atoms with Crippen molar-refractivity contribution in [3.05, 3.63) is 34.9 Å². The zero-order chi connectivity index (χ0) is 18.6. The normalized spacial score (nSPS) is 29.8. The number of rotatable bonds is 4. The highest BCUT2D eigenvalue weighted by atomic mass is 35.5. The monoisotopic (exact) mass is 390 g/mol. The second-order valence-corrected chi connectivity index (χ2v) is 8.64. The summed E-state index contributed by atoms with van der Waals surface area (Å²) in [6.45, 7) is 4.48. The number of hydrogen-bond acceptors (Lipinski definition) is 4. The number of hydrogen-bond donors (Lipinski definition) is 2. The number of nitrogens with one attached hydrogen (secondary N) is 2. The van der Waals surface area contributed by atoms with Crippen LogP contribution in [-0.2, 0) is 4.79 Å². The van der Waals surface area contributed by atoms with Gasteiger partial charge in [-0.3, -0.25) is 20.5 Å². The third-order valence-electron chi connectivity index (χ3n) is 6.39. The SMILES string of the molecule is O=C(CN1CCCCCC1)N1CCCC1C1NNCC1c1cccc(Cl)c1. The van der Waals surface area contributed by atoms with E-state index in [2.05, 4.69) is 32.8 Å². The summed E-state index contributed by atoms with van der Waals surface area (Å²) in [5, 5.41) is 0.777. The first-order valence-corrected chi connectivity index (χ1v) is 10.9. The topological polar surface area (TPSA) is 47.6 Å². The second kappa shape index (κ2) is 8.91. The lowest BCUT2D eigenvalue weighted by molar-refractivity contribution is -0.133. The van der Waals surface area contributed by atoms with Crippen LogP contribution in [-0.4, -0.2) is 60.5 Å². The van der Waals surface area contributed by atoms with Gasteiger partial charge in [0.2, 0.25) is 5.91 Å². The molecule has 0 bridgehead atoms. The average molecular weight is 391 g/mol. The largest absolute Gasteiger partial charge is 0.337 e. The number of amides is 1. The maximum Gasteiger partial charge on any atom is 0.237 e. The molecule has 3 fully saturated rings. The number of hydrazine groups is 1. The van der Waals surface area contributed by atoms with Crippen molar-refractivity contribution in [3.8, 4) is 0 Å². The van der Waals surface area contributed by atoms with Gasteiger partial charge in [0.25, 0.3) is 0 Å². The molecule has 3 saturated heterocycles. The molecule has 0 aromatic heterocycles. The Kier molecular flexibility index (Phi) is 6.33. The Morgan fingerprint density at radius 2 is 1.93 bits per heavy atom. The lowest BCUT2D eigenvalue weighted by Crippen LogP contribution is -2.52. The summed E-state index contributed by atoms with van der Waals surface area (Å²) in [7, 11) is 0. The molecule has 3 aliphatic rings. The first kappa shape index (κ1) is 19.2. The average Bonchev–Trinajstić information content (AvgIpc) is 3.27. The van der Waals surface area contributed by atoms with E-state index >= 15 is 0 Å². The van der Waals surface area contributed by atoms with Crippen LogP contribution in [0, 0.1) is 0 Å². The van der Waals surface area contributed by atoms with Crippen LogP contribution in [0.25, 0.3) is 0 Å². The first-order valence-electron chi connectivity index (χ1n) is 10.5. The van der Waals surface area contributed by atoms with E-state index in [9.17, 15) is 4.79 Å². The number of benzene rings is 1. The molecule has 1 aromatic carbocycles. The Balaban J connectivity index is 1.44. The van der Waals surface area contributed by atoms with Gasteiger partial charge in [0, 0.05) is 36.1 Å². The van der Waals surface area contributed by atoms with Crippen molar-refractivity contribution in [3.63, 3.8) is 0 Å². The molecule has 1 amide bonds. The molecule has 0 aliphatic carbocycles. The predicted octanol–water partition coefficient (Wildman–Crippen LogP) is 2.77. The molecule has 3 atom stereocenters. The van der Waals surface area contributed by atoms with Gasteiger partial charge in [-0.2, -0.15) is 0 Å². The van der Waals surface area contributed by atoms with Crippen molar-refractivity contribution in [1.82, 2.24) is 20.7 Å². The molecule has 0 radical (unpaired) electrons. The smallest absolute Gasteiger partial charge is 0.237 e. The van der Waals surface area contributed by atoms with Crippen molar-refractivity contribution in [2.45, 2.75) is 56.5 Å². The van der Waals surface area contributed by atoms with Crippen LogP contribution >= 0.6 is 11.6 Å². The van der Waals surface area contributed by atoms with E-state index in [0.717, 1.165) is 44.0 Å². The lowest BCUT2D eigenvalue weighted by atomic mass is 9.87.